The summed E-state index contributed by atoms with van der Waals surface area (Å²) in [5, 5.41) is 0. The first-order valence-corrected chi connectivity index (χ1v) is 4.42. The number of rotatable bonds is 1. The number of allylic oxidation sites excluding steroid dienone is 1. The maximum atomic E-state index is 11.5. The van der Waals surface area contributed by atoms with Crippen molar-refractivity contribution in [3.05, 3.63) is 12.2 Å². The molecule has 0 bridgehead atoms. The van der Waals surface area contributed by atoms with Gasteiger partial charge >= 0.3 is 0 Å². The first-order chi connectivity index (χ1) is 5.67. The molecule has 2 aliphatic rings. The lowest BCUT2D eigenvalue weighted by atomic mass is 9.90. The molecule has 66 valence electrons. The zero-order chi connectivity index (χ0) is 8.77. The summed E-state index contributed by atoms with van der Waals surface area (Å²) in [4.78, 5) is 11.5. The van der Waals surface area contributed by atoms with E-state index in [0.29, 0.717) is 18.1 Å². The lowest BCUT2D eigenvalue weighted by Crippen LogP contribution is -2.31. The van der Waals surface area contributed by atoms with Gasteiger partial charge in [0.2, 0.25) is 0 Å². The summed E-state index contributed by atoms with van der Waals surface area (Å²) in [6.45, 7) is 2.03. The molecule has 0 aromatic heterocycles. The van der Waals surface area contributed by atoms with Crippen LogP contribution in [-0.2, 0) is 9.53 Å². The van der Waals surface area contributed by atoms with Gasteiger partial charge in [0.05, 0.1) is 5.60 Å². The molecule has 0 N–H and O–H groups in total. The maximum absolute atomic E-state index is 11.5. The Morgan fingerprint density at radius 3 is 3.08 bits per heavy atom. The molecule has 1 saturated carbocycles. The van der Waals surface area contributed by atoms with Crippen LogP contribution < -0.4 is 0 Å². The molecular formula is C10H14O2. The first-order valence-electron chi connectivity index (χ1n) is 4.42. The lowest BCUT2D eigenvalue weighted by molar-refractivity contribution is -0.121. The number of methoxy groups -OCH3 is 1. The molecule has 0 spiro atoms. The molecule has 2 aliphatic carbocycles. The third-order valence-corrected chi connectivity index (χ3v) is 3.28. The number of fused-ring (bicyclic) bond motifs is 1. The van der Waals surface area contributed by atoms with E-state index in [9.17, 15) is 4.79 Å². The molecule has 0 radical (unpaired) electrons. The Labute approximate surface area is 72.6 Å². The standard InChI is InChI=1S/C10H14O2/c1-10(12-2)6-9(11)7-4-3-5-8(7)10/h3,5,7-8H,4,6H2,1-2H3/t7-,8+,10+/m0/s1. The van der Waals surface area contributed by atoms with E-state index < -0.39 is 0 Å². The lowest BCUT2D eigenvalue weighted by Gasteiger charge is -2.27. The second-order valence-corrected chi connectivity index (χ2v) is 3.96. The second-order valence-electron chi connectivity index (χ2n) is 3.96. The molecule has 12 heavy (non-hydrogen) atoms. The Kier molecular flexibility index (Phi) is 1.62. The van der Waals surface area contributed by atoms with Crippen molar-refractivity contribution in [3.8, 4) is 0 Å². The van der Waals surface area contributed by atoms with Crippen molar-refractivity contribution in [1.82, 2.24) is 0 Å². The van der Waals surface area contributed by atoms with Crippen molar-refractivity contribution < 1.29 is 9.53 Å². The van der Waals surface area contributed by atoms with E-state index in [2.05, 4.69) is 12.2 Å². The Morgan fingerprint density at radius 1 is 1.67 bits per heavy atom. The minimum Gasteiger partial charge on any atom is -0.377 e. The van der Waals surface area contributed by atoms with Gasteiger partial charge in [-0.05, 0) is 13.3 Å². The fourth-order valence-corrected chi connectivity index (χ4v) is 2.42. The van der Waals surface area contributed by atoms with E-state index in [-0.39, 0.29) is 11.5 Å². The number of hydrogen-bond donors (Lipinski definition) is 0. The first kappa shape index (κ1) is 7.99. The molecule has 0 aliphatic heterocycles. The Morgan fingerprint density at radius 2 is 2.42 bits per heavy atom. The number of carbonyl (C=O) groups excluding carboxylic acids is 1. The number of carbonyl (C=O) groups is 1. The van der Waals surface area contributed by atoms with Crippen LogP contribution in [0.4, 0.5) is 0 Å². The highest BCUT2D eigenvalue weighted by molar-refractivity contribution is 5.86. The number of hydrogen-bond acceptors (Lipinski definition) is 2. The number of Topliss-reactive ketones (excluding diaryl/α,β-unsaturated/α-hetero) is 1. The van der Waals surface area contributed by atoms with Crippen molar-refractivity contribution in [2.75, 3.05) is 7.11 Å². The Bertz CT molecular complexity index is 244. The van der Waals surface area contributed by atoms with Gasteiger partial charge in [0.15, 0.2) is 0 Å². The number of ketones is 1. The van der Waals surface area contributed by atoms with Gasteiger partial charge in [0.25, 0.3) is 0 Å². The molecule has 2 rings (SSSR count). The van der Waals surface area contributed by atoms with Crippen LogP contribution in [0, 0.1) is 11.8 Å². The molecule has 0 aromatic carbocycles. The van der Waals surface area contributed by atoms with E-state index in [1.807, 2.05) is 6.92 Å². The van der Waals surface area contributed by atoms with Crippen LogP contribution in [0.15, 0.2) is 12.2 Å². The van der Waals surface area contributed by atoms with Gasteiger partial charge in [-0.25, -0.2) is 0 Å². The van der Waals surface area contributed by atoms with E-state index in [0.717, 1.165) is 6.42 Å². The van der Waals surface area contributed by atoms with Gasteiger partial charge in [-0.3, -0.25) is 4.79 Å². The monoisotopic (exact) mass is 166 g/mol. The van der Waals surface area contributed by atoms with E-state index in [1.165, 1.54) is 0 Å². The zero-order valence-corrected chi connectivity index (χ0v) is 7.54. The van der Waals surface area contributed by atoms with Gasteiger partial charge in [0, 0.05) is 25.4 Å². The average molecular weight is 166 g/mol. The summed E-state index contributed by atoms with van der Waals surface area (Å²) in [5.41, 5.74) is -0.227. The van der Waals surface area contributed by atoms with Crippen molar-refractivity contribution >= 4 is 5.78 Å². The van der Waals surface area contributed by atoms with E-state index in [1.54, 1.807) is 7.11 Å². The molecule has 2 heteroatoms. The Balaban J connectivity index is 2.30. The predicted octanol–water partition coefficient (Wildman–Crippen LogP) is 1.56. The summed E-state index contributed by atoms with van der Waals surface area (Å²) in [7, 11) is 1.70. The molecule has 0 aromatic rings. The molecule has 0 unspecified atom stereocenters. The summed E-state index contributed by atoms with van der Waals surface area (Å²) >= 11 is 0. The van der Waals surface area contributed by atoms with Crippen molar-refractivity contribution in [2.45, 2.75) is 25.4 Å². The van der Waals surface area contributed by atoms with Crippen LogP contribution in [0.1, 0.15) is 19.8 Å². The topological polar surface area (TPSA) is 26.3 Å². The third-order valence-electron chi connectivity index (χ3n) is 3.28. The predicted molar refractivity (Wildman–Crippen MR) is 45.8 cm³/mol. The van der Waals surface area contributed by atoms with E-state index >= 15 is 0 Å². The van der Waals surface area contributed by atoms with Crippen LogP contribution in [0.2, 0.25) is 0 Å². The largest absolute Gasteiger partial charge is 0.377 e. The maximum Gasteiger partial charge on any atom is 0.139 e. The minimum atomic E-state index is -0.227. The highest BCUT2D eigenvalue weighted by Gasteiger charge is 2.50. The van der Waals surface area contributed by atoms with Gasteiger partial charge in [-0.2, -0.15) is 0 Å². The zero-order valence-electron chi connectivity index (χ0n) is 7.54. The quantitative estimate of drug-likeness (QED) is 0.552. The van der Waals surface area contributed by atoms with Crippen molar-refractivity contribution in [2.24, 2.45) is 11.8 Å². The van der Waals surface area contributed by atoms with Crippen LogP contribution in [0.25, 0.3) is 0 Å². The minimum absolute atomic E-state index is 0.218. The van der Waals surface area contributed by atoms with Gasteiger partial charge in [-0.1, -0.05) is 12.2 Å². The molecule has 3 atom stereocenters. The molecule has 0 amide bonds. The summed E-state index contributed by atoms with van der Waals surface area (Å²) in [6, 6.07) is 0. The van der Waals surface area contributed by atoms with Crippen molar-refractivity contribution in [3.63, 3.8) is 0 Å². The summed E-state index contributed by atoms with van der Waals surface area (Å²) < 4.78 is 5.41. The normalized spacial score (nSPS) is 45.3. The highest BCUT2D eigenvalue weighted by atomic mass is 16.5. The summed E-state index contributed by atoms with van der Waals surface area (Å²) in [6.07, 6.45) is 5.74. The van der Waals surface area contributed by atoms with Crippen LogP contribution in [0.3, 0.4) is 0 Å². The smallest absolute Gasteiger partial charge is 0.139 e. The number of ether oxygens (including phenoxy) is 1. The van der Waals surface area contributed by atoms with Crippen LogP contribution in [-0.4, -0.2) is 18.5 Å². The molecule has 2 nitrogen and oxygen atoms in total. The SMILES string of the molecule is CO[C@]1(C)CC(=O)[C@H]2CC=C[C@H]21. The van der Waals surface area contributed by atoms with Gasteiger partial charge in [-0.15, -0.1) is 0 Å². The fraction of sp³-hybridized carbons (Fsp3) is 0.700. The molecule has 0 saturated heterocycles. The average Bonchev–Trinajstić information content (AvgIpc) is 2.58. The van der Waals surface area contributed by atoms with Gasteiger partial charge < -0.3 is 4.74 Å². The third kappa shape index (κ3) is 0.876. The molecular weight excluding hydrogens is 152 g/mol. The highest BCUT2D eigenvalue weighted by Crippen LogP contribution is 2.45. The summed E-state index contributed by atoms with van der Waals surface area (Å²) in [5.74, 6) is 0.916. The second kappa shape index (κ2) is 2.43. The van der Waals surface area contributed by atoms with Crippen LogP contribution >= 0.6 is 0 Å². The van der Waals surface area contributed by atoms with Crippen LogP contribution in [0.5, 0.6) is 0 Å². The van der Waals surface area contributed by atoms with Crippen molar-refractivity contribution in [1.29, 1.82) is 0 Å². The molecule has 1 fully saturated rings. The fourth-order valence-electron chi connectivity index (χ4n) is 2.42. The Hall–Kier alpha value is -0.630. The molecule has 0 heterocycles. The van der Waals surface area contributed by atoms with E-state index in [4.69, 9.17) is 4.74 Å². The van der Waals surface area contributed by atoms with Gasteiger partial charge in [0.1, 0.15) is 5.78 Å².